The molecule has 1 aromatic rings. The van der Waals surface area contributed by atoms with Crippen LogP contribution in [0, 0.1) is 0 Å². The number of hydrogen-bond acceptors (Lipinski definition) is 2. The van der Waals surface area contributed by atoms with Gasteiger partial charge >= 0.3 is 6.18 Å². The maximum Gasteiger partial charge on any atom is 0.418 e. The molecule has 1 aromatic carbocycles. The van der Waals surface area contributed by atoms with Gasteiger partial charge in [-0.3, -0.25) is 0 Å². The van der Waals surface area contributed by atoms with Crippen LogP contribution in [-0.2, 0) is 0 Å². The number of benzene rings is 1. The molecular formula is C8H6ClF3O2. The van der Waals surface area contributed by atoms with Crippen LogP contribution in [-0.4, -0.2) is 16.4 Å². The Labute approximate surface area is 82.5 Å². The number of aliphatic hydroxyl groups is 1. The highest BCUT2D eigenvalue weighted by Crippen LogP contribution is 2.36. The Bertz CT molecular complexity index is 338. The Hall–Kier alpha value is -0.940. The Kier molecular flexibility index (Phi) is 2.92. The second-order valence-corrected chi connectivity index (χ2v) is 3.06. The van der Waals surface area contributed by atoms with Gasteiger partial charge in [0.25, 0.3) is 0 Å². The molecule has 0 aromatic heterocycles. The standard InChI is InChI=1S/C8H6ClF3O2/c9-6-3-4(13)1-2-5(6)7(14)8(10,11)12/h1-3,7,13-14H/t7-/m0/s1. The number of halogens is 4. The van der Waals surface area contributed by atoms with Crippen molar-refractivity contribution in [3.05, 3.63) is 28.8 Å². The zero-order chi connectivity index (χ0) is 10.9. The molecule has 0 saturated heterocycles. The van der Waals surface area contributed by atoms with Gasteiger partial charge in [0.15, 0.2) is 6.10 Å². The van der Waals surface area contributed by atoms with Gasteiger partial charge in [-0.1, -0.05) is 17.7 Å². The van der Waals surface area contributed by atoms with E-state index in [0.717, 1.165) is 18.2 Å². The van der Waals surface area contributed by atoms with Crippen LogP contribution >= 0.6 is 11.6 Å². The van der Waals surface area contributed by atoms with Crippen molar-refractivity contribution in [3.8, 4) is 5.75 Å². The number of phenols is 1. The summed E-state index contributed by atoms with van der Waals surface area (Å²) >= 11 is 5.41. The average molecular weight is 227 g/mol. The maximum absolute atomic E-state index is 12.0. The quantitative estimate of drug-likeness (QED) is 0.773. The molecule has 2 N–H and O–H groups in total. The Morgan fingerprint density at radius 3 is 2.29 bits per heavy atom. The Morgan fingerprint density at radius 1 is 1.29 bits per heavy atom. The molecule has 1 atom stereocenters. The van der Waals surface area contributed by atoms with E-state index in [1.165, 1.54) is 0 Å². The first-order valence-electron chi connectivity index (χ1n) is 3.55. The van der Waals surface area contributed by atoms with E-state index in [0.29, 0.717) is 0 Å². The van der Waals surface area contributed by atoms with Crippen molar-refractivity contribution in [1.29, 1.82) is 0 Å². The molecule has 78 valence electrons. The molecule has 1 rings (SSSR count). The predicted molar refractivity (Wildman–Crippen MR) is 44.1 cm³/mol. The van der Waals surface area contributed by atoms with E-state index >= 15 is 0 Å². The fourth-order valence-corrected chi connectivity index (χ4v) is 1.19. The van der Waals surface area contributed by atoms with Crippen molar-refractivity contribution in [2.24, 2.45) is 0 Å². The molecule has 0 spiro atoms. The fraction of sp³-hybridized carbons (Fsp3) is 0.250. The first-order chi connectivity index (χ1) is 6.32. The predicted octanol–water partition coefficient (Wildman–Crippen LogP) is 2.64. The molecule has 0 saturated carbocycles. The van der Waals surface area contributed by atoms with Crippen LogP contribution in [0.1, 0.15) is 11.7 Å². The molecule has 2 nitrogen and oxygen atoms in total. The van der Waals surface area contributed by atoms with Crippen molar-refractivity contribution in [1.82, 2.24) is 0 Å². The zero-order valence-electron chi connectivity index (χ0n) is 6.72. The summed E-state index contributed by atoms with van der Waals surface area (Å²) < 4.78 is 36.1. The summed E-state index contributed by atoms with van der Waals surface area (Å²) in [6, 6.07) is 2.89. The molecule has 0 heterocycles. The van der Waals surface area contributed by atoms with Crippen molar-refractivity contribution in [3.63, 3.8) is 0 Å². The fourth-order valence-electron chi connectivity index (χ4n) is 0.914. The lowest BCUT2D eigenvalue weighted by Crippen LogP contribution is -2.20. The van der Waals surface area contributed by atoms with E-state index in [1.807, 2.05) is 0 Å². The van der Waals surface area contributed by atoms with Gasteiger partial charge < -0.3 is 10.2 Å². The van der Waals surface area contributed by atoms with Gasteiger partial charge in [0.05, 0.1) is 5.02 Å². The third kappa shape index (κ3) is 2.30. The van der Waals surface area contributed by atoms with Crippen LogP contribution in [0.25, 0.3) is 0 Å². The summed E-state index contributed by atoms with van der Waals surface area (Å²) in [5.41, 5.74) is -0.475. The van der Waals surface area contributed by atoms with E-state index < -0.39 is 17.8 Å². The monoisotopic (exact) mass is 226 g/mol. The highest BCUT2D eigenvalue weighted by molar-refractivity contribution is 6.31. The molecule has 0 radical (unpaired) electrons. The van der Waals surface area contributed by atoms with Gasteiger partial charge in [-0.15, -0.1) is 0 Å². The summed E-state index contributed by atoms with van der Waals surface area (Å²) in [5, 5.41) is 17.4. The third-order valence-electron chi connectivity index (χ3n) is 1.59. The number of rotatable bonds is 1. The normalized spacial score (nSPS) is 14.1. The second-order valence-electron chi connectivity index (χ2n) is 2.65. The molecule has 0 amide bonds. The van der Waals surface area contributed by atoms with Gasteiger partial charge in [-0.25, -0.2) is 0 Å². The summed E-state index contributed by atoms with van der Waals surface area (Å²) in [5.74, 6) is -0.256. The first-order valence-corrected chi connectivity index (χ1v) is 3.93. The molecule has 14 heavy (non-hydrogen) atoms. The van der Waals surface area contributed by atoms with E-state index in [2.05, 4.69) is 0 Å². The van der Waals surface area contributed by atoms with Crippen LogP contribution in [0.5, 0.6) is 5.75 Å². The highest BCUT2D eigenvalue weighted by atomic mass is 35.5. The number of aromatic hydroxyl groups is 1. The summed E-state index contributed by atoms with van der Waals surface area (Å²) in [4.78, 5) is 0. The second kappa shape index (κ2) is 3.67. The minimum Gasteiger partial charge on any atom is -0.508 e. The summed E-state index contributed by atoms with van der Waals surface area (Å²) in [7, 11) is 0. The molecular weight excluding hydrogens is 221 g/mol. The van der Waals surface area contributed by atoms with Crippen molar-refractivity contribution in [2.75, 3.05) is 0 Å². The minimum atomic E-state index is -4.76. The molecule has 0 aliphatic rings. The van der Waals surface area contributed by atoms with Gasteiger partial charge in [0, 0.05) is 5.56 Å². The van der Waals surface area contributed by atoms with Crippen LogP contribution in [0.15, 0.2) is 18.2 Å². The minimum absolute atomic E-state index is 0.256. The van der Waals surface area contributed by atoms with Gasteiger partial charge in [-0.05, 0) is 12.1 Å². The van der Waals surface area contributed by atoms with E-state index in [1.54, 1.807) is 0 Å². The van der Waals surface area contributed by atoms with Crippen molar-refractivity contribution >= 4 is 11.6 Å². The smallest absolute Gasteiger partial charge is 0.418 e. The van der Waals surface area contributed by atoms with Crippen molar-refractivity contribution < 1.29 is 23.4 Å². The Morgan fingerprint density at radius 2 is 1.86 bits per heavy atom. The van der Waals surface area contributed by atoms with Crippen LogP contribution in [0.3, 0.4) is 0 Å². The highest BCUT2D eigenvalue weighted by Gasteiger charge is 2.40. The van der Waals surface area contributed by atoms with Gasteiger partial charge in [-0.2, -0.15) is 13.2 Å². The molecule has 0 fully saturated rings. The third-order valence-corrected chi connectivity index (χ3v) is 1.92. The SMILES string of the molecule is Oc1ccc([C@H](O)C(F)(F)F)c(Cl)c1. The number of phenolic OH excluding ortho intramolecular Hbond substituents is 1. The topological polar surface area (TPSA) is 40.5 Å². The van der Waals surface area contributed by atoms with E-state index in [-0.39, 0.29) is 10.8 Å². The van der Waals surface area contributed by atoms with Gasteiger partial charge in [0.2, 0.25) is 0 Å². The van der Waals surface area contributed by atoms with Crippen LogP contribution in [0.2, 0.25) is 5.02 Å². The molecule has 0 unspecified atom stereocenters. The molecule has 0 bridgehead atoms. The summed E-state index contributed by atoms with van der Waals surface area (Å²) in [6.45, 7) is 0. The number of hydrogen-bond donors (Lipinski definition) is 2. The molecule has 6 heteroatoms. The summed E-state index contributed by atoms with van der Waals surface area (Å²) in [6.07, 6.45) is -7.39. The lowest BCUT2D eigenvalue weighted by atomic mass is 10.1. The lowest BCUT2D eigenvalue weighted by Gasteiger charge is -2.15. The van der Waals surface area contributed by atoms with E-state index in [9.17, 15) is 13.2 Å². The van der Waals surface area contributed by atoms with Gasteiger partial charge in [0.1, 0.15) is 5.75 Å². The van der Waals surface area contributed by atoms with E-state index in [4.69, 9.17) is 21.8 Å². The number of alkyl halides is 3. The molecule has 0 aliphatic carbocycles. The first kappa shape index (κ1) is 11.1. The lowest BCUT2D eigenvalue weighted by molar-refractivity contribution is -0.206. The van der Waals surface area contributed by atoms with Crippen LogP contribution in [0.4, 0.5) is 13.2 Å². The zero-order valence-corrected chi connectivity index (χ0v) is 7.47. The number of aliphatic hydroxyl groups excluding tert-OH is 1. The van der Waals surface area contributed by atoms with Crippen molar-refractivity contribution in [2.45, 2.75) is 12.3 Å². The Balaban J connectivity index is 3.08. The largest absolute Gasteiger partial charge is 0.508 e. The maximum atomic E-state index is 12.0. The average Bonchev–Trinajstić information content (AvgIpc) is 2.01. The van der Waals surface area contributed by atoms with Crippen LogP contribution < -0.4 is 0 Å². The molecule has 0 aliphatic heterocycles.